The Morgan fingerprint density at radius 2 is 1.89 bits per heavy atom. The molecule has 0 radical (unpaired) electrons. The van der Waals surface area contributed by atoms with Gasteiger partial charge in [0.1, 0.15) is 11.7 Å². The lowest BCUT2D eigenvalue weighted by Crippen LogP contribution is -3.00. The van der Waals surface area contributed by atoms with Gasteiger partial charge in [-0.2, -0.15) is 0 Å². The second-order valence-corrected chi connectivity index (χ2v) is 7.76. The monoisotopic (exact) mass is 304 g/mol. The minimum atomic E-state index is -2.90. The quantitative estimate of drug-likeness (QED) is 0.586. The lowest BCUT2D eigenvalue weighted by molar-refractivity contribution is -0.470. The number of fused-ring (bicyclic) bond motifs is 1. The van der Waals surface area contributed by atoms with Gasteiger partial charge < -0.3 is 12.4 Å². The molecule has 0 aromatic heterocycles. The molecule has 18 heavy (non-hydrogen) atoms. The van der Waals surface area contributed by atoms with Crippen LogP contribution >= 0.6 is 11.8 Å². The Bertz CT molecular complexity index is 586. The normalized spacial score (nSPS) is 28.9. The van der Waals surface area contributed by atoms with Gasteiger partial charge in [0.2, 0.25) is 0 Å². The molecule has 2 atom stereocenters. The van der Waals surface area contributed by atoms with Crippen LogP contribution < -0.4 is 18.1 Å². The third-order valence-corrected chi connectivity index (χ3v) is 6.30. The zero-order valence-corrected chi connectivity index (χ0v) is 11.9. The van der Waals surface area contributed by atoms with Crippen LogP contribution in [-0.4, -0.2) is 41.0 Å². The summed E-state index contributed by atoms with van der Waals surface area (Å²) in [6, 6.07) is 9.72. The number of rotatable bonds is 1. The van der Waals surface area contributed by atoms with Gasteiger partial charge in [0.15, 0.2) is 9.84 Å². The Morgan fingerprint density at radius 1 is 1.22 bits per heavy atom. The molecule has 2 aliphatic rings. The van der Waals surface area contributed by atoms with E-state index in [0.717, 1.165) is 5.69 Å². The number of halogens is 1. The number of hydrogen-bond donors (Lipinski definition) is 1. The predicted octanol–water partition coefficient (Wildman–Crippen LogP) is -2.44. The molecule has 2 aliphatic heterocycles. The molecule has 0 bridgehead atoms. The van der Waals surface area contributed by atoms with Crippen LogP contribution in [0.3, 0.4) is 0 Å². The molecule has 1 aromatic carbocycles. The summed E-state index contributed by atoms with van der Waals surface area (Å²) in [5.41, 5.74) is 6.97. The maximum absolute atomic E-state index is 11.6. The first-order valence-corrected chi connectivity index (χ1v) is 8.11. The number of hydrogen-bond acceptors (Lipinski definition) is 4. The molecule has 0 saturated carbocycles. The second kappa shape index (κ2) is 4.75. The van der Waals surface area contributed by atoms with E-state index in [1.807, 2.05) is 34.9 Å². The molecular formula is C11H13ClN2O2S2. The first-order chi connectivity index (χ1) is 8.07. The van der Waals surface area contributed by atoms with E-state index in [9.17, 15) is 8.42 Å². The zero-order chi connectivity index (χ0) is 12.0. The molecule has 1 saturated heterocycles. The average molecular weight is 305 g/mol. The highest BCUT2D eigenvalue weighted by molar-refractivity contribution is 8.15. The first-order valence-electron chi connectivity index (χ1n) is 5.41. The van der Waals surface area contributed by atoms with Crippen molar-refractivity contribution in [2.45, 2.75) is 11.3 Å². The highest BCUT2D eigenvalue weighted by Gasteiger charge is 2.49. The summed E-state index contributed by atoms with van der Waals surface area (Å²) in [4.78, 5) is 0. The molecule has 0 aliphatic carbocycles. The molecule has 7 heteroatoms. The first kappa shape index (κ1) is 13.7. The van der Waals surface area contributed by atoms with E-state index in [-0.39, 0.29) is 35.2 Å². The van der Waals surface area contributed by atoms with Crippen LogP contribution in [0.2, 0.25) is 0 Å². The van der Waals surface area contributed by atoms with Crippen molar-refractivity contribution in [1.82, 2.24) is 0 Å². The predicted molar refractivity (Wildman–Crippen MR) is 69.4 cm³/mol. The van der Waals surface area contributed by atoms with Gasteiger partial charge >= 0.3 is 5.17 Å². The Hall–Kier alpha value is -0.720. The molecule has 0 spiro atoms. The minimum Gasteiger partial charge on any atom is -1.00 e. The smallest absolute Gasteiger partial charge is 0.310 e. The second-order valence-electron chi connectivity index (χ2n) is 4.34. The van der Waals surface area contributed by atoms with E-state index < -0.39 is 9.84 Å². The van der Waals surface area contributed by atoms with Crippen LogP contribution in [0.15, 0.2) is 30.3 Å². The number of nitrogens with zero attached hydrogens (tertiary/aromatic N) is 1. The Kier molecular flexibility index (Phi) is 3.62. The number of sulfone groups is 1. The van der Waals surface area contributed by atoms with Crippen molar-refractivity contribution >= 4 is 32.5 Å². The van der Waals surface area contributed by atoms with E-state index in [2.05, 4.69) is 0 Å². The number of amidine groups is 1. The summed E-state index contributed by atoms with van der Waals surface area (Å²) in [5.74, 6) is 0.451. The SMILES string of the molecule is NC1=[N+](c2ccccc2)[C@H]2CS(=O)(=O)C[C@H]2S1.[Cl-]. The standard InChI is InChI=1S/C11H12N2O2S2.ClH/c12-11-13(8-4-2-1-3-5-8)9-6-17(14,15)7-10(9)16-11;/h1-5,9-10,12H,6-7H2;1H/t9-,10+;/m0./s1. The molecule has 3 rings (SSSR count). The van der Waals surface area contributed by atoms with Crippen LogP contribution in [-0.2, 0) is 9.84 Å². The Labute approximate surface area is 117 Å². The fourth-order valence-corrected chi connectivity index (χ4v) is 6.25. The van der Waals surface area contributed by atoms with Crippen LogP contribution in [0.1, 0.15) is 0 Å². The van der Waals surface area contributed by atoms with Crippen LogP contribution in [0.4, 0.5) is 5.69 Å². The van der Waals surface area contributed by atoms with Crippen LogP contribution in [0.25, 0.3) is 0 Å². The lowest BCUT2D eigenvalue weighted by Gasteiger charge is -2.10. The number of benzene rings is 1. The van der Waals surface area contributed by atoms with Crippen molar-refractivity contribution < 1.29 is 25.4 Å². The van der Waals surface area contributed by atoms with Gasteiger partial charge in [0.05, 0.1) is 16.8 Å². The number of thioether (sulfide) groups is 1. The van der Waals surface area contributed by atoms with Gasteiger partial charge in [-0.15, -0.1) is 0 Å². The van der Waals surface area contributed by atoms with E-state index in [1.54, 1.807) is 0 Å². The maximum Gasteiger partial charge on any atom is 0.310 e. The number of para-hydroxylation sites is 1. The summed E-state index contributed by atoms with van der Waals surface area (Å²) in [7, 11) is -2.90. The average Bonchev–Trinajstić information content (AvgIpc) is 2.69. The van der Waals surface area contributed by atoms with Gasteiger partial charge in [-0.25, -0.2) is 13.0 Å². The van der Waals surface area contributed by atoms with Crippen LogP contribution in [0, 0.1) is 0 Å². The Morgan fingerprint density at radius 3 is 2.56 bits per heavy atom. The van der Waals surface area contributed by atoms with Crippen LogP contribution in [0.5, 0.6) is 0 Å². The van der Waals surface area contributed by atoms with Gasteiger partial charge in [-0.05, 0) is 23.9 Å². The highest BCUT2D eigenvalue weighted by atomic mass is 35.5. The van der Waals surface area contributed by atoms with Crippen molar-refractivity contribution in [2.24, 2.45) is 5.73 Å². The summed E-state index contributed by atoms with van der Waals surface area (Å²) < 4.78 is 25.2. The van der Waals surface area contributed by atoms with Crippen molar-refractivity contribution in [1.29, 1.82) is 0 Å². The van der Waals surface area contributed by atoms with Gasteiger partial charge in [-0.1, -0.05) is 18.2 Å². The lowest BCUT2D eigenvalue weighted by atomic mass is 10.2. The fourth-order valence-electron chi connectivity index (χ4n) is 2.43. The molecule has 4 nitrogen and oxygen atoms in total. The number of nitrogens with two attached hydrogens (primary N) is 1. The molecule has 2 N–H and O–H groups in total. The molecule has 1 aromatic rings. The van der Waals surface area contributed by atoms with E-state index in [1.165, 1.54) is 11.8 Å². The molecule has 0 unspecified atom stereocenters. The van der Waals surface area contributed by atoms with Crippen molar-refractivity contribution in [3.8, 4) is 0 Å². The zero-order valence-electron chi connectivity index (χ0n) is 9.49. The third-order valence-electron chi connectivity index (χ3n) is 3.15. The van der Waals surface area contributed by atoms with Crippen molar-refractivity contribution in [2.75, 3.05) is 11.5 Å². The highest BCUT2D eigenvalue weighted by Crippen LogP contribution is 2.36. The summed E-state index contributed by atoms with van der Waals surface area (Å²) in [6.45, 7) is 0. The van der Waals surface area contributed by atoms with E-state index in [4.69, 9.17) is 5.73 Å². The van der Waals surface area contributed by atoms with E-state index >= 15 is 0 Å². The maximum atomic E-state index is 11.6. The summed E-state index contributed by atoms with van der Waals surface area (Å²) >= 11 is 1.48. The van der Waals surface area contributed by atoms with Gasteiger partial charge in [0, 0.05) is 0 Å². The molecule has 0 amide bonds. The van der Waals surface area contributed by atoms with Crippen molar-refractivity contribution in [3.63, 3.8) is 0 Å². The largest absolute Gasteiger partial charge is 1.00 e. The molecule has 1 fully saturated rings. The van der Waals surface area contributed by atoms with Gasteiger partial charge in [0.25, 0.3) is 0 Å². The Balaban J connectivity index is 0.00000120. The fraction of sp³-hybridized carbons (Fsp3) is 0.364. The summed E-state index contributed by atoms with van der Waals surface area (Å²) in [6.07, 6.45) is 0. The molecular weight excluding hydrogens is 292 g/mol. The minimum absolute atomic E-state index is 0. The van der Waals surface area contributed by atoms with E-state index in [0.29, 0.717) is 5.17 Å². The van der Waals surface area contributed by atoms with Gasteiger partial charge in [-0.3, -0.25) is 5.73 Å². The third kappa shape index (κ3) is 2.24. The molecule has 2 heterocycles. The van der Waals surface area contributed by atoms with Crippen molar-refractivity contribution in [3.05, 3.63) is 30.3 Å². The topological polar surface area (TPSA) is 63.2 Å². The molecule has 98 valence electrons. The summed E-state index contributed by atoms with van der Waals surface area (Å²) in [5, 5.41) is 0.793.